The highest BCUT2D eigenvalue weighted by Crippen LogP contribution is 2.24. The van der Waals surface area contributed by atoms with E-state index in [1.165, 1.54) is 15.9 Å². The molecule has 0 aliphatic carbocycles. The fourth-order valence-corrected chi connectivity index (χ4v) is 5.44. The number of nitrogens with one attached hydrogen (secondary N) is 1. The van der Waals surface area contributed by atoms with Gasteiger partial charge in [0.2, 0.25) is 10.0 Å². The van der Waals surface area contributed by atoms with Crippen molar-refractivity contribution < 1.29 is 13.2 Å². The van der Waals surface area contributed by atoms with Crippen molar-refractivity contribution in [3.05, 3.63) is 64.7 Å². The van der Waals surface area contributed by atoms with Crippen LogP contribution in [0.25, 0.3) is 0 Å². The van der Waals surface area contributed by atoms with E-state index in [1.54, 1.807) is 19.1 Å². The Morgan fingerprint density at radius 2 is 1.63 bits per heavy atom. The minimum absolute atomic E-state index is 0.227. The first-order chi connectivity index (χ1) is 14.3. The zero-order chi connectivity index (χ0) is 21.7. The molecule has 1 amide bonds. The molecule has 0 bridgehead atoms. The molecule has 1 aliphatic rings. The summed E-state index contributed by atoms with van der Waals surface area (Å²) in [6.07, 6.45) is 2.82. The summed E-state index contributed by atoms with van der Waals surface area (Å²) in [7, 11) is 0.465. The Hall–Kier alpha value is -2.22. The van der Waals surface area contributed by atoms with Gasteiger partial charge in [-0.1, -0.05) is 36.8 Å². The number of nitrogens with zero attached hydrogens (tertiary/aromatic N) is 2. The molecular weight excluding hydrogens is 398 g/mol. The molecule has 2 aromatic carbocycles. The van der Waals surface area contributed by atoms with Crippen LogP contribution in [0.3, 0.4) is 0 Å². The molecule has 0 radical (unpaired) electrons. The molecule has 2 aromatic rings. The smallest absolute Gasteiger partial charge is 0.251 e. The zero-order valence-electron chi connectivity index (χ0n) is 18.0. The fourth-order valence-electron chi connectivity index (χ4n) is 3.68. The van der Waals surface area contributed by atoms with E-state index in [1.807, 2.05) is 26.2 Å². The van der Waals surface area contributed by atoms with Gasteiger partial charge in [-0.2, -0.15) is 4.31 Å². The van der Waals surface area contributed by atoms with E-state index in [0.29, 0.717) is 30.8 Å². The van der Waals surface area contributed by atoms with Crippen molar-refractivity contribution in [3.8, 4) is 0 Å². The van der Waals surface area contributed by atoms with Gasteiger partial charge in [-0.25, -0.2) is 8.42 Å². The first-order valence-corrected chi connectivity index (χ1v) is 11.8. The monoisotopic (exact) mass is 429 g/mol. The van der Waals surface area contributed by atoms with Gasteiger partial charge >= 0.3 is 0 Å². The predicted molar refractivity (Wildman–Crippen MR) is 119 cm³/mol. The van der Waals surface area contributed by atoms with Crippen molar-refractivity contribution in [2.45, 2.75) is 44.2 Å². The van der Waals surface area contributed by atoms with Crippen molar-refractivity contribution in [1.29, 1.82) is 0 Å². The molecule has 0 saturated carbocycles. The van der Waals surface area contributed by atoms with Gasteiger partial charge in [0, 0.05) is 31.7 Å². The summed E-state index contributed by atoms with van der Waals surface area (Å²) < 4.78 is 27.7. The zero-order valence-corrected chi connectivity index (χ0v) is 18.8. The third-order valence-electron chi connectivity index (χ3n) is 5.36. The molecular formula is C23H31N3O3S. The highest BCUT2D eigenvalue weighted by Gasteiger charge is 2.28. The number of carbonyl (C=O) groups excluding carboxylic acids is 1. The molecule has 1 heterocycles. The molecule has 162 valence electrons. The predicted octanol–water partition coefficient (Wildman–Crippen LogP) is 3.16. The highest BCUT2D eigenvalue weighted by molar-refractivity contribution is 7.89. The van der Waals surface area contributed by atoms with Crippen LogP contribution in [0.2, 0.25) is 0 Å². The average Bonchev–Trinajstić information content (AvgIpc) is 2.73. The molecule has 30 heavy (non-hydrogen) atoms. The summed E-state index contributed by atoms with van der Waals surface area (Å²) in [6, 6.07) is 13.0. The van der Waals surface area contributed by atoms with E-state index in [4.69, 9.17) is 0 Å². The summed E-state index contributed by atoms with van der Waals surface area (Å²) >= 11 is 0. The van der Waals surface area contributed by atoms with Crippen LogP contribution in [0, 0.1) is 6.92 Å². The lowest BCUT2D eigenvalue weighted by atomic mass is 10.1. The Balaban J connectivity index is 1.70. The van der Waals surface area contributed by atoms with E-state index in [9.17, 15) is 13.2 Å². The van der Waals surface area contributed by atoms with Crippen LogP contribution in [-0.4, -0.2) is 50.7 Å². The van der Waals surface area contributed by atoms with Crippen LogP contribution in [0.5, 0.6) is 0 Å². The quantitative estimate of drug-likeness (QED) is 0.734. The van der Waals surface area contributed by atoms with Gasteiger partial charge < -0.3 is 10.2 Å². The Kier molecular flexibility index (Phi) is 7.28. The SMILES string of the molecule is Cc1ccc(C(=O)NCc2ccc(CN(C)C)cc2)cc1S(=O)(=O)N1CCCCC1. The summed E-state index contributed by atoms with van der Waals surface area (Å²) in [5.41, 5.74) is 3.23. The molecule has 3 rings (SSSR count). The molecule has 1 aliphatic heterocycles. The first-order valence-electron chi connectivity index (χ1n) is 10.4. The maximum Gasteiger partial charge on any atom is 0.251 e. The number of benzene rings is 2. The minimum Gasteiger partial charge on any atom is -0.348 e. The third-order valence-corrected chi connectivity index (χ3v) is 7.40. The lowest BCUT2D eigenvalue weighted by Gasteiger charge is -2.26. The molecule has 0 aromatic heterocycles. The lowest BCUT2D eigenvalue weighted by molar-refractivity contribution is 0.0950. The van der Waals surface area contributed by atoms with Crippen molar-refractivity contribution in [2.24, 2.45) is 0 Å². The summed E-state index contributed by atoms with van der Waals surface area (Å²) in [4.78, 5) is 15.0. The van der Waals surface area contributed by atoms with Gasteiger partial charge in [-0.3, -0.25) is 4.79 Å². The van der Waals surface area contributed by atoms with E-state index < -0.39 is 10.0 Å². The van der Waals surface area contributed by atoms with Crippen LogP contribution >= 0.6 is 0 Å². The van der Waals surface area contributed by atoms with Crippen LogP contribution < -0.4 is 5.32 Å². The molecule has 0 spiro atoms. The second-order valence-electron chi connectivity index (χ2n) is 8.18. The van der Waals surface area contributed by atoms with Gasteiger partial charge in [0.05, 0.1) is 4.90 Å². The minimum atomic E-state index is -3.58. The number of carbonyl (C=O) groups is 1. The fraction of sp³-hybridized carbons (Fsp3) is 0.435. The molecule has 7 heteroatoms. The van der Waals surface area contributed by atoms with Gasteiger partial charge in [0.15, 0.2) is 0 Å². The Labute approximate surface area is 179 Å². The van der Waals surface area contributed by atoms with Crippen LogP contribution in [0.4, 0.5) is 0 Å². The Morgan fingerprint density at radius 3 is 2.27 bits per heavy atom. The summed E-state index contributed by atoms with van der Waals surface area (Å²) in [5, 5.41) is 2.90. The average molecular weight is 430 g/mol. The number of piperidine rings is 1. The third kappa shape index (κ3) is 5.47. The highest BCUT2D eigenvalue weighted by atomic mass is 32.2. The molecule has 0 atom stereocenters. The number of rotatable bonds is 7. The summed E-state index contributed by atoms with van der Waals surface area (Å²) in [5.74, 6) is -0.275. The maximum absolute atomic E-state index is 13.1. The van der Waals surface area contributed by atoms with Crippen LogP contribution in [0.1, 0.15) is 46.3 Å². The lowest BCUT2D eigenvalue weighted by Crippen LogP contribution is -2.36. The number of amides is 1. The number of sulfonamides is 1. The maximum atomic E-state index is 13.1. The van der Waals surface area contributed by atoms with Crippen molar-refractivity contribution in [2.75, 3.05) is 27.2 Å². The van der Waals surface area contributed by atoms with E-state index in [0.717, 1.165) is 31.4 Å². The van der Waals surface area contributed by atoms with Crippen LogP contribution in [-0.2, 0) is 23.1 Å². The van der Waals surface area contributed by atoms with Crippen molar-refractivity contribution in [1.82, 2.24) is 14.5 Å². The van der Waals surface area contributed by atoms with Crippen LogP contribution in [0.15, 0.2) is 47.4 Å². The van der Waals surface area contributed by atoms with Gasteiger partial charge in [0.1, 0.15) is 0 Å². The van der Waals surface area contributed by atoms with E-state index in [2.05, 4.69) is 22.3 Å². The van der Waals surface area contributed by atoms with Crippen molar-refractivity contribution in [3.63, 3.8) is 0 Å². The van der Waals surface area contributed by atoms with Gasteiger partial charge in [-0.05, 0) is 62.7 Å². The number of hydrogen-bond acceptors (Lipinski definition) is 4. The second-order valence-corrected chi connectivity index (χ2v) is 10.1. The standard InChI is InChI=1S/C23H31N3O3S/c1-18-7-12-21(15-22(18)30(28,29)26-13-5-4-6-14-26)23(27)24-16-19-8-10-20(11-9-19)17-25(2)3/h7-12,15H,4-6,13-14,16-17H2,1-3H3,(H,24,27). The van der Waals surface area contributed by atoms with Gasteiger partial charge in [-0.15, -0.1) is 0 Å². The van der Waals surface area contributed by atoms with E-state index >= 15 is 0 Å². The Morgan fingerprint density at radius 1 is 1.00 bits per heavy atom. The molecule has 0 unspecified atom stereocenters. The first kappa shape index (κ1) is 22.5. The normalized spacial score (nSPS) is 15.3. The van der Waals surface area contributed by atoms with Gasteiger partial charge in [0.25, 0.3) is 5.91 Å². The topological polar surface area (TPSA) is 69.7 Å². The molecule has 1 saturated heterocycles. The molecule has 1 fully saturated rings. The molecule has 6 nitrogen and oxygen atoms in total. The Bertz CT molecular complexity index is 979. The van der Waals surface area contributed by atoms with Crippen molar-refractivity contribution >= 4 is 15.9 Å². The molecule has 1 N–H and O–H groups in total. The largest absolute Gasteiger partial charge is 0.348 e. The second kappa shape index (κ2) is 9.73. The van der Waals surface area contributed by atoms with E-state index in [-0.39, 0.29) is 10.8 Å². The number of aryl methyl sites for hydroxylation is 1. The number of hydrogen-bond donors (Lipinski definition) is 1. The summed E-state index contributed by atoms with van der Waals surface area (Å²) in [6.45, 7) is 4.12.